The van der Waals surface area contributed by atoms with Gasteiger partial charge in [-0.25, -0.2) is 9.59 Å². The van der Waals surface area contributed by atoms with Crippen molar-refractivity contribution in [3.63, 3.8) is 0 Å². The van der Waals surface area contributed by atoms with E-state index in [-0.39, 0.29) is 42.8 Å². The summed E-state index contributed by atoms with van der Waals surface area (Å²) in [6.45, 7) is 12.4. The summed E-state index contributed by atoms with van der Waals surface area (Å²) in [4.78, 5) is 67.6. The lowest BCUT2D eigenvalue weighted by Gasteiger charge is -2.36. The monoisotopic (exact) mass is 704 g/mol. The third-order valence-electron chi connectivity index (χ3n) is 8.85. The van der Waals surface area contributed by atoms with Crippen molar-refractivity contribution >= 4 is 63.8 Å². The minimum Gasteiger partial charge on any atom is -0.465 e. The van der Waals surface area contributed by atoms with Gasteiger partial charge in [-0.15, -0.1) is 22.7 Å². The lowest BCUT2D eigenvalue weighted by molar-refractivity contribution is -0.912. The van der Waals surface area contributed by atoms with Gasteiger partial charge in [0, 0.05) is 19.6 Å². The molecule has 4 heterocycles. The number of carbonyl (C=O) groups is 5. The van der Waals surface area contributed by atoms with Gasteiger partial charge < -0.3 is 34.8 Å². The van der Waals surface area contributed by atoms with Crippen LogP contribution >= 0.6 is 22.7 Å². The van der Waals surface area contributed by atoms with Crippen LogP contribution in [0.15, 0.2) is 10.8 Å². The Morgan fingerprint density at radius 2 is 1.38 bits per heavy atom. The standard InChI is InChI=1S/C34H49N5O7S2/c1-22-20-47-29(31(42)35-17-24-11-13-38(14-12-24)33(44)46-34(3,4)5)27(22)36-25(40)18-39(15-9-7-8-10-16-39)19-26(41)37-28-23(2)21-48-30(28)32(43)45-6/h20-21,24H,7-19H2,1-6H3,(H2-,35,36,37,40,41,42,43)/p+1. The maximum atomic E-state index is 13.6. The normalized spacial score (nSPS) is 16.8. The molecule has 0 bridgehead atoms. The number of amides is 4. The fourth-order valence-electron chi connectivity index (χ4n) is 6.27. The molecule has 0 spiro atoms. The molecule has 14 heteroatoms. The molecule has 0 aliphatic carbocycles. The zero-order chi connectivity index (χ0) is 35.1. The van der Waals surface area contributed by atoms with E-state index in [4.69, 9.17) is 9.47 Å². The lowest BCUT2D eigenvalue weighted by Crippen LogP contribution is -2.56. The molecule has 0 unspecified atom stereocenters. The first-order chi connectivity index (χ1) is 22.7. The number of hydrogen-bond donors (Lipinski definition) is 3. The van der Waals surface area contributed by atoms with Crippen molar-refractivity contribution in [1.82, 2.24) is 10.2 Å². The van der Waals surface area contributed by atoms with E-state index in [1.54, 1.807) is 10.3 Å². The number of nitrogens with zero attached hydrogens (tertiary/aromatic N) is 2. The van der Waals surface area contributed by atoms with Gasteiger partial charge in [0.05, 0.1) is 31.6 Å². The summed E-state index contributed by atoms with van der Waals surface area (Å²) in [5, 5.41) is 12.6. The number of anilines is 2. The third kappa shape index (κ3) is 10.0. The van der Waals surface area contributed by atoms with Gasteiger partial charge in [0.25, 0.3) is 17.7 Å². The maximum Gasteiger partial charge on any atom is 0.410 e. The van der Waals surface area contributed by atoms with E-state index >= 15 is 0 Å². The predicted octanol–water partition coefficient (Wildman–Crippen LogP) is 5.56. The Hall–Kier alpha value is -3.49. The van der Waals surface area contributed by atoms with Gasteiger partial charge in [-0.1, -0.05) is 0 Å². The zero-order valence-electron chi connectivity index (χ0n) is 29.0. The Labute approximate surface area is 291 Å². The van der Waals surface area contributed by atoms with Gasteiger partial charge >= 0.3 is 12.1 Å². The highest BCUT2D eigenvalue weighted by Gasteiger charge is 2.35. The molecular formula is C34H50N5O7S2+. The molecule has 264 valence electrons. The average molecular weight is 705 g/mol. The smallest absolute Gasteiger partial charge is 0.410 e. The summed E-state index contributed by atoms with van der Waals surface area (Å²) >= 11 is 2.51. The molecule has 0 saturated carbocycles. The second kappa shape index (κ2) is 16.3. The number of carbonyl (C=O) groups excluding carboxylic acids is 5. The van der Waals surface area contributed by atoms with Gasteiger partial charge in [-0.3, -0.25) is 14.4 Å². The Morgan fingerprint density at radius 1 is 0.854 bits per heavy atom. The quantitative estimate of drug-likeness (QED) is 0.217. The van der Waals surface area contributed by atoms with Gasteiger partial charge in [0.1, 0.15) is 15.4 Å². The molecule has 4 amide bonds. The number of esters is 1. The van der Waals surface area contributed by atoms with Gasteiger partial charge in [0.2, 0.25) is 0 Å². The highest BCUT2D eigenvalue weighted by atomic mass is 32.1. The molecule has 2 aromatic rings. The van der Waals surface area contributed by atoms with Crippen LogP contribution in [0.1, 0.15) is 89.8 Å². The SMILES string of the molecule is COC(=O)c1scc(C)c1NC(=O)C[N+]1(CC(=O)Nc2c(C)csc2C(=O)NCC2CCN(C(=O)OC(C)(C)C)CC2)CCCCCC1. The predicted molar refractivity (Wildman–Crippen MR) is 188 cm³/mol. The van der Waals surface area contributed by atoms with Crippen LogP contribution < -0.4 is 16.0 Å². The molecule has 2 aliphatic rings. The Morgan fingerprint density at radius 3 is 1.90 bits per heavy atom. The topological polar surface area (TPSA) is 143 Å². The van der Waals surface area contributed by atoms with Crippen LogP contribution in [0.3, 0.4) is 0 Å². The fraction of sp³-hybridized carbons (Fsp3) is 0.618. The largest absolute Gasteiger partial charge is 0.465 e. The second-order valence-corrected chi connectivity index (χ2v) is 15.7. The minimum absolute atomic E-state index is 0.0893. The molecule has 2 fully saturated rings. The fourth-order valence-corrected chi connectivity index (χ4v) is 8.12. The summed E-state index contributed by atoms with van der Waals surface area (Å²) in [5.74, 6) is -1.04. The molecule has 0 atom stereocenters. The van der Waals surface area contributed by atoms with E-state index in [9.17, 15) is 24.0 Å². The number of thiophene rings is 2. The number of hydrogen-bond acceptors (Lipinski definition) is 9. The first kappa shape index (κ1) is 37.3. The van der Waals surface area contributed by atoms with Crippen LogP contribution in [0.2, 0.25) is 0 Å². The molecule has 2 saturated heterocycles. The highest BCUT2D eigenvalue weighted by Crippen LogP contribution is 2.30. The maximum absolute atomic E-state index is 13.6. The number of ether oxygens (including phenoxy) is 2. The van der Waals surface area contributed by atoms with Crippen molar-refractivity contribution in [2.45, 2.75) is 78.7 Å². The van der Waals surface area contributed by atoms with Gasteiger partial charge in [-0.05, 0) is 101 Å². The molecule has 48 heavy (non-hydrogen) atoms. The minimum atomic E-state index is -0.543. The average Bonchev–Trinajstić information content (AvgIpc) is 3.47. The van der Waals surface area contributed by atoms with E-state index in [0.717, 1.165) is 49.7 Å². The zero-order valence-corrected chi connectivity index (χ0v) is 30.6. The van der Waals surface area contributed by atoms with E-state index < -0.39 is 11.6 Å². The molecule has 0 aromatic carbocycles. The van der Waals surface area contributed by atoms with Crippen LogP contribution in [0.4, 0.5) is 16.2 Å². The van der Waals surface area contributed by atoms with Crippen LogP contribution in [0.5, 0.6) is 0 Å². The summed E-state index contributed by atoms with van der Waals surface area (Å²) in [6.07, 6.45) is 5.07. The number of methoxy groups -OCH3 is 1. The Bertz CT molecular complexity index is 1480. The Kier molecular flexibility index (Phi) is 12.7. The van der Waals surface area contributed by atoms with E-state index in [0.29, 0.717) is 58.3 Å². The van der Waals surface area contributed by atoms with Crippen molar-refractivity contribution in [1.29, 1.82) is 0 Å². The Balaban J connectivity index is 1.36. The number of piperidine rings is 1. The van der Waals surface area contributed by atoms with E-state index in [1.807, 2.05) is 40.0 Å². The summed E-state index contributed by atoms with van der Waals surface area (Å²) < 4.78 is 10.7. The van der Waals surface area contributed by atoms with E-state index in [2.05, 4.69) is 16.0 Å². The summed E-state index contributed by atoms with van der Waals surface area (Å²) in [5.41, 5.74) is 1.98. The molecule has 3 N–H and O–H groups in total. The van der Waals surface area contributed by atoms with Gasteiger partial charge in [0.15, 0.2) is 13.1 Å². The van der Waals surface area contributed by atoms with Crippen LogP contribution in [0, 0.1) is 19.8 Å². The first-order valence-corrected chi connectivity index (χ1v) is 18.4. The molecule has 4 rings (SSSR count). The second-order valence-electron chi connectivity index (χ2n) is 14.0. The van der Waals surface area contributed by atoms with Gasteiger partial charge in [-0.2, -0.15) is 0 Å². The molecule has 0 radical (unpaired) electrons. The molecule has 2 aromatic heterocycles. The van der Waals surface area contributed by atoms with E-state index in [1.165, 1.54) is 29.8 Å². The molecular weight excluding hydrogens is 655 g/mol. The van der Waals surface area contributed by atoms with Crippen molar-refractivity contribution in [2.75, 3.05) is 63.6 Å². The molecule has 2 aliphatic heterocycles. The number of nitrogens with one attached hydrogen (secondary N) is 3. The summed E-state index contributed by atoms with van der Waals surface area (Å²) in [7, 11) is 1.31. The summed E-state index contributed by atoms with van der Waals surface area (Å²) in [6, 6.07) is 0. The van der Waals surface area contributed by atoms with Crippen LogP contribution in [0.25, 0.3) is 0 Å². The van der Waals surface area contributed by atoms with Crippen molar-refractivity contribution in [2.24, 2.45) is 5.92 Å². The number of rotatable bonds is 10. The van der Waals surface area contributed by atoms with Crippen LogP contribution in [-0.4, -0.2) is 97.7 Å². The first-order valence-electron chi connectivity index (χ1n) is 16.7. The number of likely N-dealkylation sites (tertiary alicyclic amines) is 2. The number of quaternary nitrogens is 1. The highest BCUT2D eigenvalue weighted by molar-refractivity contribution is 7.13. The number of aryl methyl sites for hydroxylation is 2. The van der Waals surface area contributed by atoms with Crippen molar-refractivity contribution < 1.29 is 37.9 Å². The lowest BCUT2D eigenvalue weighted by atomic mass is 9.97. The third-order valence-corrected chi connectivity index (χ3v) is 11.0. The van der Waals surface area contributed by atoms with Crippen LogP contribution in [-0.2, 0) is 19.1 Å². The van der Waals surface area contributed by atoms with Crippen molar-refractivity contribution in [3.05, 3.63) is 31.6 Å². The van der Waals surface area contributed by atoms with Crippen molar-refractivity contribution in [3.8, 4) is 0 Å². The molecule has 12 nitrogen and oxygen atoms in total.